The Hall–Kier alpha value is -1.64. The van der Waals surface area contributed by atoms with Crippen molar-refractivity contribution in [2.45, 2.75) is 6.10 Å². The second-order valence-corrected chi connectivity index (χ2v) is 5.05. The summed E-state index contributed by atoms with van der Waals surface area (Å²) in [6, 6.07) is 14.4. The van der Waals surface area contributed by atoms with E-state index in [1.165, 1.54) is 15.5 Å². The van der Waals surface area contributed by atoms with Crippen molar-refractivity contribution in [2.24, 2.45) is 0 Å². The quantitative estimate of drug-likeness (QED) is 0.663. The highest BCUT2D eigenvalue weighted by Crippen LogP contribution is 2.37. The van der Waals surface area contributed by atoms with E-state index in [0.717, 1.165) is 10.3 Å². The number of thiophene rings is 1. The van der Waals surface area contributed by atoms with Crippen molar-refractivity contribution in [2.75, 3.05) is 0 Å². The first-order chi connectivity index (χ1) is 8.31. The van der Waals surface area contributed by atoms with Gasteiger partial charge in [-0.15, -0.1) is 17.9 Å². The predicted octanol–water partition coefficient (Wildman–Crippen LogP) is 4.27. The smallest absolute Gasteiger partial charge is 0.0983 e. The van der Waals surface area contributed by atoms with Crippen LogP contribution in [0.5, 0.6) is 0 Å². The minimum absolute atomic E-state index is 0.591. The molecule has 0 amide bonds. The van der Waals surface area contributed by atoms with Gasteiger partial charge in [-0.25, -0.2) is 0 Å². The fraction of sp³-hybridized carbons (Fsp3) is 0.0667. The van der Waals surface area contributed by atoms with E-state index in [0.29, 0.717) is 0 Å². The molecule has 2 aromatic carbocycles. The zero-order valence-electron chi connectivity index (χ0n) is 9.26. The van der Waals surface area contributed by atoms with Crippen molar-refractivity contribution in [1.29, 1.82) is 0 Å². The van der Waals surface area contributed by atoms with E-state index >= 15 is 0 Å². The number of aliphatic hydroxyl groups excluding tert-OH is 1. The molecule has 1 atom stereocenters. The van der Waals surface area contributed by atoms with Crippen molar-refractivity contribution < 1.29 is 5.11 Å². The molecule has 84 valence electrons. The van der Waals surface area contributed by atoms with Crippen LogP contribution in [0.1, 0.15) is 11.7 Å². The standard InChI is InChI=1S/C15H12OS/c1-2-13(16)12-8-5-7-11-10-6-3-4-9-14(10)17-15(11)12/h2-9,13,16H,1H2. The Morgan fingerprint density at radius 2 is 1.82 bits per heavy atom. The number of rotatable bonds is 2. The van der Waals surface area contributed by atoms with Gasteiger partial charge in [0.05, 0.1) is 6.10 Å². The van der Waals surface area contributed by atoms with Crippen LogP contribution < -0.4 is 0 Å². The molecular weight excluding hydrogens is 228 g/mol. The number of hydrogen-bond donors (Lipinski definition) is 1. The maximum absolute atomic E-state index is 9.94. The summed E-state index contributed by atoms with van der Waals surface area (Å²) in [5.41, 5.74) is 0.943. The first-order valence-electron chi connectivity index (χ1n) is 5.52. The highest BCUT2D eigenvalue weighted by atomic mass is 32.1. The van der Waals surface area contributed by atoms with E-state index in [9.17, 15) is 5.11 Å². The Morgan fingerprint density at radius 1 is 1.06 bits per heavy atom. The van der Waals surface area contributed by atoms with Crippen LogP contribution in [0.25, 0.3) is 20.2 Å². The van der Waals surface area contributed by atoms with Crippen molar-refractivity contribution in [3.8, 4) is 0 Å². The van der Waals surface area contributed by atoms with E-state index in [1.807, 2.05) is 24.3 Å². The highest BCUT2D eigenvalue weighted by Gasteiger charge is 2.11. The van der Waals surface area contributed by atoms with Gasteiger partial charge in [-0.2, -0.15) is 0 Å². The van der Waals surface area contributed by atoms with Crippen molar-refractivity contribution in [3.63, 3.8) is 0 Å². The summed E-state index contributed by atoms with van der Waals surface area (Å²) >= 11 is 1.72. The maximum atomic E-state index is 9.94. The van der Waals surface area contributed by atoms with Crippen molar-refractivity contribution in [1.82, 2.24) is 0 Å². The molecule has 17 heavy (non-hydrogen) atoms. The monoisotopic (exact) mass is 240 g/mol. The molecule has 1 nitrogen and oxygen atoms in total. The Labute approximate surface area is 104 Å². The Bertz CT molecular complexity index is 696. The second-order valence-electron chi connectivity index (χ2n) is 4.00. The van der Waals surface area contributed by atoms with Gasteiger partial charge >= 0.3 is 0 Å². The van der Waals surface area contributed by atoms with Gasteiger partial charge in [0.2, 0.25) is 0 Å². The minimum Gasteiger partial charge on any atom is -0.384 e. The van der Waals surface area contributed by atoms with Gasteiger partial charge in [0.15, 0.2) is 0 Å². The molecule has 0 spiro atoms. The molecule has 2 heteroatoms. The van der Waals surface area contributed by atoms with Gasteiger partial charge in [-0.1, -0.05) is 42.5 Å². The van der Waals surface area contributed by atoms with Gasteiger partial charge in [0.1, 0.15) is 0 Å². The van der Waals surface area contributed by atoms with E-state index in [2.05, 4.69) is 24.8 Å². The summed E-state index contributed by atoms with van der Waals surface area (Å²) in [6.07, 6.45) is 0.978. The molecule has 0 aliphatic carbocycles. The molecule has 0 bridgehead atoms. The normalized spacial score (nSPS) is 13.0. The summed E-state index contributed by atoms with van der Waals surface area (Å²) in [6.45, 7) is 3.65. The largest absolute Gasteiger partial charge is 0.384 e. The molecule has 0 aliphatic heterocycles. The number of aliphatic hydroxyl groups is 1. The van der Waals surface area contributed by atoms with Crippen molar-refractivity contribution in [3.05, 3.63) is 60.7 Å². The van der Waals surface area contributed by atoms with Gasteiger partial charge in [0.25, 0.3) is 0 Å². The highest BCUT2D eigenvalue weighted by molar-refractivity contribution is 7.26. The van der Waals surface area contributed by atoms with Crippen molar-refractivity contribution >= 4 is 31.5 Å². The molecular formula is C15H12OS. The molecule has 1 N–H and O–H groups in total. The molecule has 0 saturated carbocycles. The third kappa shape index (κ3) is 1.57. The lowest BCUT2D eigenvalue weighted by atomic mass is 10.1. The van der Waals surface area contributed by atoms with E-state index in [4.69, 9.17) is 0 Å². The van der Waals surface area contributed by atoms with Crippen LogP contribution in [-0.2, 0) is 0 Å². The molecule has 0 aliphatic rings. The lowest BCUT2D eigenvalue weighted by molar-refractivity contribution is 0.231. The third-order valence-electron chi connectivity index (χ3n) is 2.98. The predicted molar refractivity (Wildman–Crippen MR) is 74.5 cm³/mol. The average Bonchev–Trinajstić information content (AvgIpc) is 2.76. The Morgan fingerprint density at radius 3 is 2.65 bits per heavy atom. The summed E-state index contributed by atoms with van der Waals surface area (Å²) < 4.78 is 2.41. The number of hydrogen-bond acceptors (Lipinski definition) is 2. The van der Waals surface area contributed by atoms with Gasteiger partial charge in [0, 0.05) is 25.7 Å². The third-order valence-corrected chi connectivity index (χ3v) is 4.21. The van der Waals surface area contributed by atoms with E-state index < -0.39 is 6.10 Å². The minimum atomic E-state index is -0.591. The summed E-state index contributed by atoms with van der Waals surface area (Å²) in [7, 11) is 0. The fourth-order valence-corrected chi connectivity index (χ4v) is 3.38. The lowest BCUT2D eigenvalue weighted by Gasteiger charge is -2.06. The summed E-state index contributed by atoms with van der Waals surface area (Å²) in [5.74, 6) is 0. The Balaban J connectivity index is 2.43. The first kappa shape index (κ1) is 10.5. The van der Waals surface area contributed by atoms with Crippen LogP contribution in [0.3, 0.4) is 0 Å². The first-order valence-corrected chi connectivity index (χ1v) is 6.33. The lowest BCUT2D eigenvalue weighted by Crippen LogP contribution is -1.91. The molecule has 1 heterocycles. The fourth-order valence-electron chi connectivity index (χ4n) is 2.13. The molecule has 0 radical (unpaired) electrons. The van der Waals surface area contributed by atoms with Crippen LogP contribution in [0.15, 0.2) is 55.1 Å². The zero-order chi connectivity index (χ0) is 11.8. The van der Waals surface area contributed by atoms with E-state index in [1.54, 1.807) is 17.4 Å². The van der Waals surface area contributed by atoms with Gasteiger partial charge in [-0.3, -0.25) is 0 Å². The topological polar surface area (TPSA) is 20.2 Å². The van der Waals surface area contributed by atoms with Crippen LogP contribution in [-0.4, -0.2) is 5.11 Å². The molecule has 0 saturated heterocycles. The molecule has 0 fully saturated rings. The van der Waals surface area contributed by atoms with Gasteiger partial charge in [-0.05, 0) is 6.07 Å². The van der Waals surface area contributed by atoms with Crippen LogP contribution in [0, 0.1) is 0 Å². The molecule has 3 aromatic rings. The van der Waals surface area contributed by atoms with Crippen LogP contribution in [0.4, 0.5) is 0 Å². The second kappa shape index (κ2) is 3.99. The number of benzene rings is 2. The zero-order valence-corrected chi connectivity index (χ0v) is 10.1. The van der Waals surface area contributed by atoms with Gasteiger partial charge < -0.3 is 5.11 Å². The average molecular weight is 240 g/mol. The SMILES string of the molecule is C=CC(O)c1cccc2c1sc1ccccc12. The Kier molecular flexibility index (Phi) is 2.46. The molecule has 1 aromatic heterocycles. The van der Waals surface area contributed by atoms with Crippen LogP contribution in [0.2, 0.25) is 0 Å². The maximum Gasteiger partial charge on any atom is 0.0983 e. The van der Waals surface area contributed by atoms with E-state index in [-0.39, 0.29) is 0 Å². The molecule has 3 rings (SSSR count). The summed E-state index contributed by atoms with van der Waals surface area (Å²) in [5, 5.41) is 12.4. The summed E-state index contributed by atoms with van der Waals surface area (Å²) in [4.78, 5) is 0. The molecule has 1 unspecified atom stereocenters. The number of fused-ring (bicyclic) bond motifs is 3. The van der Waals surface area contributed by atoms with Crippen LogP contribution >= 0.6 is 11.3 Å².